The number of rotatable bonds is 18. The van der Waals surface area contributed by atoms with Gasteiger partial charge in [0.05, 0.1) is 76.5 Å². The average Bonchev–Trinajstić information content (AvgIpc) is 4.02. The Morgan fingerprint density at radius 1 is 0.270 bits per heavy atom. The number of hydrogen-bond acceptors (Lipinski definition) is 9. The Balaban J connectivity index is 1.04. The van der Waals surface area contributed by atoms with Crippen molar-refractivity contribution >= 4 is 0 Å². The van der Waals surface area contributed by atoms with Crippen LogP contribution in [0.5, 0.6) is 0 Å². The van der Waals surface area contributed by atoms with Gasteiger partial charge in [0.15, 0.2) is 0 Å². The van der Waals surface area contributed by atoms with E-state index >= 15 is 0 Å². The first-order valence-corrected chi connectivity index (χ1v) is 22.5. The fourth-order valence-electron chi connectivity index (χ4n) is 9.99. The summed E-state index contributed by atoms with van der Waals surface area (Å²) in [5.74, 6) is 0. The lowest BCUT2D eigenvalue weighted by atomic mass is 10.1. The van der Waals surface area contributed by atoms with Gasteiger partial charge in [0.1, 0.15) is 18.3 Å². The first kappa shape index (κ1) is 41.9. The third-order valence-corrected chi connectivity index (χ3v) is 13.0. The van der Waals surface area contributed by atoms with Crippen molar-refractivity contribution in [3.05, 3.63) is 215 Å². The van der Waals surface area contributed by atoms with Crippen LogP contribution in [0.15, 0.2) is 182 Å². The van der Waals surface area contributed by atoms with Gasteiger partial charge in [-0.15, -0.1) is 0 Å². The van der Waals surface area contributed by atoms with E-state index < -0.39 is 0 Å². The van der Waals surface area contributed by atoms with Gasteiger partial charge in [-0.3, -0.25) is 14.7 Å². The second-order valence-corrected chi connectivity index (χ2v) is 17.1. The van der Waals surface area contributed by atoms with Gasteiger partial charge in [-0.25, -0.2) is 0 Å². The van der Waals surface area contributed by atoms with Gasteiger partial charge < -0.3 is 28.4 Å². The van der Waals surface area contributed by atoms with Gasteiger partial charge in [0.2, 0.25) is 0 Å². The van der Waals surface area contributed by atoms with Crippen molar-refractivity contribution in [2.75, 3.05) is 19.6 Å². The lowest BCUT2D eigenvalue weighted by Crippen LogP contribution is -2.71. The minimum Gasteiger partial charge on any atom is -0.369 e. The van der Waals surface area contributed by atoms with E-state index in [1.807, 2.05) is 36.4 Å². The van der Waals surface area contributed by atoms with Gasteiger partial charge in [-0.2, -0.15) is 0 Å². The fraction of sp³-hybridized carbons (Fsp3) is 0.333. The summed E-state index contributed by atoms with van der Waals surface area (Å²) in [5, 5.41) is 0. The van der Waals surface area contributed by atoms with Crippen molar-refractivity contribution in [3.63, 3.8) is 0 Å². The smallest absolute Gasteiger partial charge is 0.114 e. The standard InChI is InChI=1S/C54H57N3O6/c1-7-19-40(20-8-1)34-58-46-31-55-52(49(46)61-37-43-25-13-4-14-26-43)56-32-47(59-35-41-21-9-2-10-22-41)51(63-39-45-29-17-6-18-30-45)54(56)57-33-48(60-36-42-23-11-3-12-24-42)50(53(55)57)62-38-44-27-15-5-16-28-44/h1-30,46-54H,31-39H2/t46-,47-,48-,49+,50+,51+,52?,53?,54?/m0/s1. The molecule has 4 fully saturated rings. The van der Waals surface area contributed by atoms with Crippen LogP contribution in [-0.4, -0.2) is 89.5 Å². The summed E-state index contributed by atoms with van der Waals surface area (Å²) in [6, 6.07) is 62.7. The van der Waals surface area contributed by atoms with E-state index in [1.54, 1.807) is 0 Å². The van der Waals surface area contributed by atoms with E-state index in [2.05, 4.69) is 160 Å². The molecule has 4 heterocycles. The molecule has 0 saturated carbocycles. The summed E-state index contributed by atoms with van der Waals surface area (Å²) in [6.07, 6.45) is -2.05. The van der Waals surface area contributed by atoms with Crippen LogP contribution in [0.3, 0.4) is 0 Å². The highest BCUT2D eigenvalue weighted by Gasteiger charge is 2.66. The first-order valence-electron chi connectivity index (χ1n) is 22.5. The molecule has 0 N–H and O–H groups in total. The van der Waals surface area contributed by atoms with Crippen LogP contribution < -0.4 is 0 Å². The molecular formula is C54H57N3O6. The van der Waals surface area contributed by atoms with Crippen LogP contribution in [-0.2, 0) is 68.1 Å². The zero-order valence-electron chi connectivity index (χ0n) is 35.7. The molecule has 6 atom stereocenters. The summed E-state index contributed by atoms with van der Waals surface area (Å²) < 4.78 is 42.5. The Hall–Kier alpha value is -5.04. The first-order chi connectivity index (χ1) is 31.2. The molecule has 0 spiro atoms. The average molecular weight is 844 g/mol. The highest BCUT2D eigenvalue weighted by molar-refractivity contribution is 5.21. The molecule has 6 aromatic rings. The Bertz CT molecular complexity index is 2010. The summed E-state index contributed by atoms with van der Waals surface area (Å²) >= 11 is 0. The van der Waals surface area contributed by atoms with Crippen molar-refractivity contribution < 1.29 is 28.4 Å². The number of benzene rings is 6. The topological polar surface area (TPSA) is 65.1 Å². The normalized spacial score (nSPS) is 27.0. The molecule has 0 unspecified atom stereocenters. The van der Waals surface area contributed by atoms with Crippen molar-refractivity contribution in [1.29, 1.82) is 0 Å². The summed E-state index contributed by atoms with van der Waals surface area (Å²) in [6.45, 7) is 4.81. The molecule has 324 valence electrons. The lowest BCUT2D eigenvalue weighted by Gasteiger charge is -2.53. The molecule has 9 heteroatoms. The number of nitrogens with zero attached hydrogens (tertiary/aromatic N) is 3. The Morgan fingerprint density at radius 2 is 0.460 bits per heavy atom. The maximum absolute atomic E-state index is 7.16. The molecule has 0 amide bonds. The van der Waals surface area contributed by atoms with E-state index in [0.717, 1.165) is 33.4 Å². The van der Waals surface area contributed by atoms with E-state index in [4.69, 9.17) is 28.4 Å². The SMILES string of the molecule is c1ccc(CO[C@H]2CN3C([C@@H]2OCc2ccccc2)N2C[C@H](OCc4ccccc4)[C@@H](OCc4ccccc4)C2N2C[C@H](OCc4ccccc4)[C@@H](OCc4ccccc4)C32)cc1. The van der Waals surface area contributed by atoms with Gasteiger partial charge in [0.25, 0.3) is 0 Å². The maximum Gasteiger partial charge on any atom is 0.114 e. The Labute approximate surface area is 371 Å². The van der Waals surface area contributed by atoms with Crippen LogP contribution in [0.1, 0.15) is 33.4 Å². The molecule has 63 heavy (non-hydrogen) atoms. The third-order valence-electron chi connectivity index (χ3n) is 13.0. The zero-order valence-corrected chi connectivity index (χ0v) is 35.7. The van der Waals surface area contributed by atoms with E-state index in [-0.39, 0.29) is 55.1 Å². The van der Waals surface area contributed by atoms with E-state index in [1.165, 1.54) is 0 Å². The zero-order chi connectivity index (χ0) is 42.2. The number of fused-ring (bicyclic) bond motifs is 6. The summed E-state index contributed by atoms with van der Waals surface area (Å²) in [4.78, 5) is 7.78. The largest absolute Gasteiger partial charge is 0.369 e. The molecule has 4 aliphatic heterocycles. The molecule has 4 aliphatic rings. The maximum atomic E-state index is 7.16. The van der Waals surface area contributed by atoms with Crippen LogP contribution in [0.2, 0.25) is 0 Å². The highest BCUT2D eigenvalue weighted by atomic mass is 16.6. The van der Waals surface area contributed by atoms with Crippen molar-refractivity contribution in [2.24, 2.45) is 0 Å². The third kappa shape index (κ3) is 9.73. The minimum absolute atomic E-state index is 0.162. The van der Waals surface area contributed by atoms with Crippen molar-refractivity contribution in [2.45, 2.75) is 94.8 Å². The summed E-state index contributed by atoms with van der Waals surface area (Å²) in [5.41, 5.74) is 6.77. The number of hydrogen-bond donors (Lipinski definition) is 0. The van der Waals surface area contributed by atoms with Gasteiger partial charge in [-0.05, 0) is 33.4 Å². The van der Waals surface area contributed by atoms with Crippen molar-refractivity contribution in [3.8, 4) is 0 Å². The van der Waals surface area contributed by atoms with Crippen molar-refractivity contribution in [1.82, 2.24) is 14.7 Å². The monoisotopic (exact) mass is 843 g/mol. The number of ether oxygens (including phenoxy) is 6. The van der Waals surface area contributed by atoms with E-state index in [0.29, 0.717) is 59.3 Å². The molecular weight excluding hydrogens is 787 g/mol. The second-order valence-electron chi connectivity index (χ2n) is 17.1. The molecule has 6 aromatic carbocycles. The van der Waals surface area contributed by atoms with Crippen LogP contribution in [0.25, 0.3) is 0 Å². The summed E-state index contributed by atoms with van der Waals surface area (Å²) in [7, 11) is 0. The fourth-order valence-corrected chi connectivity index (χ4v) is 9.99. The second kappa shape index (κ2) is 20.2. The highest BCUT2D eigenvalue weighted by Crippen LogP contribution is 2.47. The molecule has 0 bridgehead atoms. The Morgan fingerprint density at radius 3 is 0.667 bits per heavy atom. The molecule has 10 rings (SSSR count). The molecule has 9 nitrogen and oxygen atoms in total. The predicted octanol–water partition coefficient (Wildman–Crippen LogP) is 8.44. The molecule has 0 aromatic heterocycles. The van der Waals surface area contributed by atoms with Gasteiger partial charge >= 0.3 is 0 Å². The minimum atomic E-state index is -0.291. The predicted molar refractivity (Wildman–Crippen MR) is 242 cm³/mol. The Kier molecular flexibility index (Phi) is 13.5. The van der Waals surface area contributed by atoms with Crippen LogP contribution in [0.4, 0.5) is 0 Å². The quantitative estimate of drug-likeness (QED) is 0.0849. The lowest BCUT2D eigenvalue weighted by molar-refractivity contribution is -0.204. The molecule has 0 aliphatic carbocycles. The van der Waals surface area contributed by atoms with Gasteiger partial charge in [0, 0.05) is 19.6 Å². The molecule has 4 saturated heterocycles. The van der Waals surface area contributed by atoms with Crippen LogP contribution in [0, 0.1) is 0 Å². The van der Waals surface area contributed by atoms with E-state index in [9.17, 15) is 0 Å². The van der Waals surface area contributed by atoms with Crippen LogP contribution >= 0.6 is 0 Å². The van der Waals surface area contributed by atoms with Gasteiger partial charge in [-0.1, -0.05) is 182 Å². The molecule has 0 radical (unpaired) electrons.